The van der Waals surface area contributed by atoms with Crippen molar-refractivity contribution in [3.63, 3.8) is 0 Å². The summed E-state index contributed by atoms with van der Waals surface area (Å²) in [6, 6.07) is 0. The molecule has 0 aliphatic rings. The first-order valence-electron chi connectivity index (χ1n) is 3.95. The number of carbonyl (C=O) groups excluding carboxylic acids is 1. The molecule has 0 aliphatic heterocycles. The average molecular weight is 298 g/mol. The molecule has 0 saturated heterocycles. The number of rotatable bonds is 5. The molecule has 0 amide bonds. The molecule has 0 aromatic carbocycles. The minimum atomic E-state index is -5.47. The average Bonchev–Trinajstić information content (AvgIpc) is 2.22. The van der Waals surface area contributed by atoms with Crippen molar-refractivity contribution in [1.82, 2.24) is 0 Å². The summed E-state index contributed by atoms with van der Waals surface area (Å²) in [5.41, 5.74) is 0. The van der Waals surface area contributed by atoms with Crippen LogP contribution in [-0.2, 0) is 14.9 Å². The van der Waals surface area contributed by atoms with Crippen LogP contribution in [0.3, 0.4) is 0 Å². The molecule has 0 aromatic heterocycles. The van der Waals surface area contributed by atoms with E-state index < -0.39 is 46.3 Å². The molecule has 0 unspecified atom stereocenters. The Morgan fingerprint density at radius 1 is 1.12 bits per heavy atom. The third-order valence-electron chi connectivity index (χ3n) is 1.74. The monoisotopic (exact) mass is 298 g/mol. The Kier molecular flexibility index (Phi) is 9.86. The van der Waals surface area contributed by atoms with Crippen molar-refractivity contribution >= 4 is 15.2 Å². The SMILES string of the molecule is O=C([C@H](O)[C@@H](O)[C@H](O)[C@H](O)CO)S(=O)(=O)[O-].[K+]. The van der Waals surface area contributed by atoms with Crippen LogP contribution in [0.2, 0.25) is 0 Å². The van der Waals surface area contributed by atoms with E-state index in [1.165, 1.54) is 0 Å². The predicted octanol–water partition coefficient (Wildman–Crippen LogP) is -7.50. The van der Waals surface area contributed by atoms with Crippen molar-refractivity contribution in [3.8, 4) is 0 Å². The molecule has 5 N–H and O–H groups in total. The quantitative estimate of drug-likeness (QED) is 0.244. The second-order valence-electron chi connectivity index (χ2n) is 2.95. The molecule has 0 bridgehead atoms. The second kappa shape index (κ2) is 8.24. The van der Waals surface area contributed by atoms with Gasteiger partial charge in [-0.15, -0.1) is 0 Å². The van der Waals surface area contributed by atoms with Crippen LogP contribution in [0.15, 0.2) is 0 Å². The third kappa shape index (κ3) is 6.13. The van der Waals surface area contributed by atoms with Gasteiger partial charge in [0.15, 0.2) is 16.2 Å². The molecule has 9 nitrogen and oxygen atoms in total. The summed E-state index contributed by atoms with van der Waals surface area (Å²) in [7, 11) is -5.47. The molecule has 0 aliphatic carbocycles. The van der Waals surface area contributed by atoms with E-state index in [1.54, 1.807) is 0 Å². The fraction of sp³-hybridized carbons (Fsp3) is 0.833. The molecular formula is C6H11KO9S. The Hall–Kier alpha value is 1.02. The van der Waals surface area contributed by atoms with Gasteiger partial charge in [-0.05, 0) is 0 Å². The van der Waals surface area contributed by atoms with E-state index in [0.717, 1.165) is 0 Å². The molecule has 0 saturated carbocycles. The van der Waals surface area contributed by atoms with Gasteiger partial charge in [0.05, 0.1) is 6.61 Å². The third-order valence-corrected chi connectivity index (χ3v) is 2.48. The maximum Gasteiger partial charge on any atom is 1.00 e. The number of hydrogen-bond acceptors (Lipinski definition) is 9. The molecule has 0 aromatic rings. The summed E-state index contributed by atoms with van der Waals surface area (Å²) < 4.78 is 30.5. The number of aliphatic hydroxyl groups is 5. The van der Waals surface area contributed by atoms with Crippen molar-refractivity contribution in [1.29, 1.82) is 0 Å². The number of hydrogen-bond donors (Lipinski definition) is 5. The molecule has 0 heterocycles. The van der Waals surface area contributed by atoms with Crippen molar-refractivity contribution in [2.45, 2.75) is 24.4 Å². The Morgan fingerprint density at radius 3 is 1.82 bits per heavy atom. The van der Waals surface area contributed by atoms with Gasteiger partial charge in [-0.1, -0.05) is 0 Å². The Morgan fingerprint density at radius 2 is 1.53 bits per heavy atom. The van der Waals surface area contributed by atoms with Crippen LogP contribution in [0.25, 0.3) is 0 Å². The molecule has 0 rings (SSSR count). The zero-order valence-corrected chi connectivity index (χ0v) is 12.7. The second-order valence-corrected chi connectivity index (χ2v) is 4.26. The van der Waals surface area contributed by atoms with Gasteiger partial charge in [-0.2, -0.15) is 0 Å². The van der Waals surface area contributed by atoms with Crippen molar-refractivity contribution in [2.24, 2.45) is 0 Å². The van der Waals surface area contributed by atoms with Gasteiger partial charge in [0, 0.05) is 0 Å². The smallest absolute Gasteiger partial charge is 0.742 e. The van der Waals surface area contributed by atoms with E-state index in [2.05, 4.69) is 0 Å². The van der Waals surface area contributed by atoms with Gasteiger partial charge < -0.3 is 30.1 Å². The fourth-order valence-corrected chi connectivity index (χ4v) is 1.24. The molecule has 17 heavy (non-hydrogen) atoms. The summed E-state index contributed by atoms with van der Waals surface area (Å²) in [5, 5.41) is 41.9. The number of aliphatic hydroxyl groups excluding tert-OH is 5. The molecule has 0 spiro atoms. The van der Waals surface area contributed by atoms with E-state index in [9.17, 15) is 17.8 Å². The Labute approximate surface area is 139 Å². The fourth-order valence-electron chi connectivity index (χ4n) is 0.810. The minimum Gasteiger partial charge on any atom is -0.742 e. The molecule has 0 fully saturated rings. The first-order valence-corrected chi connectivity index (χ1v) is 5.36. The zero-order valence-electron chi connectivity index (χ0n) is 8.79. The first kappa shape index (κ1) is 20.3. The first-order chi connectivity index (χ1) is 7.12. The standard InChI is InChI=1S/C6H12O9S.K/c7-1-2(8)3(9)4(10)5(11)6(12)16(13,14)15;/h2-5,7-11H,1H2,(H,13,14,15);/q;+1/p-1/t2-,3-,4+,5-;/m1./s1. The van der Waals surface area contributed by atoms with E-state index in [4.69, 9.17) is 25.5 Å². The normalized spacial score (nSPS) is 18.7. The van der Waals surface area contributed by atoms with Crippen LogP contribution in [0, 0.1) is 0 Å². The molecule has 0 radical (unpaired) electrons. The van der Waals surface area contributed by atoms with Gasteiger partial charge in [0.2, 0.25) is 0 Å². The summed E-state index contributed by atoms with van der Waals surface area (Å²) in [5.74, 6) is 0. The van der Waals surface area contributed by atoms with Gasteiger partial charge in [-0.25, -0.2) is 8.42 Å². The van der Waals surface area contributed by atoms with E-state index in [-0.39, 0.29) is 51.4 Å². The van der Waals surface area contributed by atoms with Crippen LogP contribution in [0.1, 0.15) is 0 Å². The van der Waals surface area contributed by atoms with E-state index in [1.807, 2.05) is 0 Å². The summed E-state index contributed by atoms with van der Waals surface area (Å²) in [6.07, 6.45) is -9.17. The summed E-state index contributed by atoms with van der Waals surface area (Å²) >= 11 is 0. The molecular weight excluding hydrogens is 287 g/mol. The zero-order chi connectivity index (χ0) is 13.1. The maximum absolute atomic E-state index is 10.7. The van der Waals surface area contributed by atoms with Gasteiger partial charge >= 0.3 is 51.4 Å². The van der Waals surface area contributed by atoms with Crippen molar-refractivity contribution in [2.75, 3.05) is 6.61 Å². The predicted molar refractivity (Wildman–Crippen MR) is 45.8 cm³/mol. The molecule has 4 atom stereocenters. The van der Waals surface area contributed by atoms with E-state index >= 15 is 0 Å². The van der Waals surface area contributed by atoms with Crippen LogP contribution in [0.4, 0.5) is 0 Å². The summed E-state index contributed by atoms with van der Waals surface area (Å²) in [6.45, 7) is -0.997. The van der Waals surface area contributed by atoms with Crippen LogP contribution in [0.5, 0.6) is 0 Å². The Bertz CT molecular complexity index is 341. The molecule has 96 valence electrons. The minimum absolute atomic E-state index is 0. The van der Waals surface area contributed by atoms with Crippen molar-refractivity contribution in [3.05, 3.63) is 0 Å². The van der Waals surface area contributed by atoms with Crippen molar-refractivity contribution < 1.29 is 94.7 Å². The van der Waals surface area contributed by atoms with Gasteiger partial charge in [0.1, 0.15) is 18.3 Å². The maximum atomic E-state index is 10.7. The molecule has 11 heteroatoms. The Balaban J connectivity index is 0. The van der Waals surface area contributed by atoms with Crippen LogP contribution in [-0.4, -0.2) is 74.6 Å². The van der Waals surface area contributed by atoms with Crippen LogP contribution >= 0.6 is 0 Å². The topological polar surface area (TPSA) is 175 Å². The van der Waals surface area contributed by atoms with E-state index in [0.29, 0.717) is 0 Å². The summed E-state index contributed by atoms with van der Waals surface area (Å²) in [4.78, 5) is 10.7. The van der Waals surface area contributed by atoms with Crippen LogP contribution < -0.4 is 51.4 Å². The largest absolute Gasteiger partial charge is 1.00 e. The number of carbonyl (C=O) groups is 1. The van der Waals surface area contributed by atoms with Gasteiger partial charge in [-0.3, -0.25) is 4.79 Å². The van der Waals surface area contributed by atoms with Gasteiger partial charge in [0.25, 0.3) is 5.12 Å².